The molecule has 0 N–H and O–H groups in total. The van der Waals surface area contributed by atoms with Gasteiger partial charge < -0.3 is 4.57 Å². The molecule has 0 amide bonds. The molecular weight excluding hydrogens is 351 g/mol. The fraction of sp³-hybridized carbons (Fsp3) is 0.190. The lowest BCUT2D eigenvalue weighted by Crippen LogP contribution is -2.11. The molecular formula is C21H22ClO2P. The minimum atomic E-state index is -2.74. The Kier molecular flexibility index (Phi) is 6.99. The third-order valence-electron chi connectivity index (χ3n) is 4.17. The molecule has 4 heteroatoms. The van der Waals surface area contributed by atoms with E-state index in [0.717, 1.165) is 5.56 Å². The summed E-state index contributed by atoms with van der Waals surface area (Å²) in [6.45, 7) is 7.49. The van der Waals surface area contributed by atoms with Crippen LogP contribution in [-0.2, 0) is 4.57 Å². The lowest BCUT2D eigenvalue weighted by molar-refractivity contribution is 0.0980. The molecule has 0 saturated heterocycles. The highest BCUT2D eigenvalue weighted by atomic mass is 35.5. The molecule has 0 radical (unpaired) electrons. The second-order valence-electron chi connectivity index (χ2n) is 5.96. The van der Waals surface area contributed by atoms with E-state index >= 15 is 0 Å². The van der Waals surface area contributed by atoms with Crippen molar-refractivity contribution in [2.24, 2.45) is 0 Å². The Morgan fingerprint density at radius 2 is 1.56 bits per heavy atom. The number of halogens is 1. The monoisotopic (exact) mass is 372 g/mol. The molecule has 0 aliphatic rings. The number of ketones is 1. The number of hydrogen-bond acceptors (Lipinski definition) is 2. The molecule has 0 saturated carbocycles. The number of Topliss-reactive ketones (excluding diaryl/α,β-unsaturated/α-hetero) is 1. The van der Waals surface area contributed by atoms with Crippen LogP contribution in [0.5, 0.6) is 0 Å². The van der Waals surface area contributed by atoms with Gasteiger partial charge in [0.05, 0.1) is 0 Å². The van der Waals surface area contributed by atoms with Gasteiger partial charge >= 0.3 is 0 Å². The van der Waals surface area contributed by atoms with Crippen LogP contribution < -0.4 is 0 Å². The van der Waals surface area contributed by atoms with Gasteiger partial charge in [-0.2, -0.15) is 0 Å². The Balaban J connectivity index is 2.42. The molecule has 0 bridgehead atoms. The van der Waals surface area contributed by atoms with Crippen LogP contribution in [0.3, 0.4) is 0 Å². The average Bonchev–Trinajstić information content (AvgIpc) is 2.61. The van der Waals surface area contributed by atoms with Crippen LogP contribution in [0.15, 0.2) is 79.9 Å². The molecule has 1 atom stereocenters. The third-order valence-corrected chi connectivity index (χ3v) is 7.79. The number of carbonyl (C=O) groups is 1. The smallest absolute Gasteiger partial charge is 0.163 e. The normalized spacial score (nSPS) is 12.4. The summed E-state index contributed by atoms with van der Waals surface area (Å²) in [6, 6.07) is 16.3. The summed E-state index contributed by atoms with van der Waals surface area (Å²) < 4.78 is 13.6. The summed E-state index contributed by atoms with van der Waals surface area (Å²) >= 11 is 5.99. The van der Waals surface area contributed by atoms with E-state index in [1.807, 2.05) is 30.3 Å². The van der Waals surface area contributed by atoms with E-state index in [9.17, 15) is 9.36 Å². The first-order chi connectivity index (χ1) is 12.0. The van der Waals surface area contributed by atoms with Gasteiger partial charge in [0.25, 0.3) is 0 Å². The molecule has 2 rings (SSSR count). The van der Waals surface area contributed by atoms with Gasteiger partial charge in [-0.15, -0.1) is 13.2 Å². The predicted molar refractivity (Wildman–Crippen MR) is 107 cm³/mol. The van der Waals surface area contributed by atoms with Gasteiger partial charge in [-0.05, 0) is 17.7 Å². The minimum absolute atomic E-state index is 0.0195. The van der Waals surface area contributed by atoms with Crippen LogP contribution >= 0.6 is 18.7 Å². The Hall–Kier alpha value is -1.89. The Labute approximate surface area is 154 Å². The SMILES string of the molecule is C=CCP(=O)(CC=C)[C@@H](CC(=O)c1ccccc1)c1ccc(Cl)cc1. The van der Waals surface area contributed by atoms with Crippen molar-refractivity contribution in [1.82, 2.24) is 0 Å². The van der Waals surface area contributed by atoms with Gasteiger partial charge in [-0.3, -0.25) is 4.79 Å². The van der Waals surface area contributed by atoms with Gasteiger partial charge in [-0.25, -0.2) is 0 Å². The number of hydrogen-bond donors (Lipinski definition) is 0. The summed E-state index contributed by atoms with van der Waals surface area (Å²) in [5.41, 5.74) is 1.11. The fourth-order valence-corrected chi connectivity index (χ4v) is 5.80. The van der Waals surface area contributed by atoms with Gasteiger partial charge in [0.2, 0.25) is 0 Å². The van der Waals surface area contributed by atoms with E-state index in [4.69, 9.17) is 11.6 Å². The number of carbonyl (C=O) groups excluding carboxylic acids is 1. The Morgan fingerprint density at radius 3 is 2.08 bits per heavy atom. The van der Waals surface area contributed by atoms with E-state index in [1.54, 1.807) is 36.4 Å². The summed E-state index contributed by atoms with van der Waals surface area (Å²) in [4.78, 5) is 12.8. The van der Waals surface area contributed by atoms with Crippen LogP contribution in [0.4, 0.5) is 0 Å². The molecule has 2 aromatic carbocycles. The standard InChI is InChI=1S/C21H22ClO2P/c1-3-14-25(24,15-4-2)21(18-10-12-19(22)13-11-18)16-20(23)17-8-6-5-7-9-17/h3-13,21H,1-2,14-16H2/t21-/m0/s1. The van der Waals surface area contributed by atoms with E-state index in [2.05, 4.69) is 13.2 Å². The van der Waals surface area contributed by atoms with Gasteiger partial charge in [0.15, 0.2) is 5.78 Å². The first-order valence-corrected chi connectivity index (χ1v) is 10.7. The molecule has 0 aliphatic carbocycles. The lowest BCUT2D eigenvalue weighted by Gasteiger charge is -2.26. The largest absolute Gasteiger partial charge is 0.322 e. The fourth-order valence-electron chi connectivity index (χ4n) is 2.92. The molecule has 0 unspecified atom stereocenters. The number of allylic oxidation sites excluding steroid dienone is 2. The van der Waals surface area contributed by atoms with Crippen LogP contribution in [0.25, 0.3) is 0 Å². The first-order valence-electron chi connectivity index (χ1n) is 8.13. The second-order valence-corrected chi connectivity index (χ2v) is 9.65. The molecule has 0 heterocycles. The average molecular weight is 373 g/mol. The topological polar surface area (TPSA) is 34.1 Å². The van der Waals surface area contributed by atoms with Crippen molar-refractivity contribution >= 4 is 24.5 Å². The van der Waals surface area contributed by atoms with Crippen molar-refractivity contribution in [3.8, 4) is 0 Å². The molecule has 2 nitrogen and oxygen atoms in total. The van der Waals surface area contributed by atoms with Crippen LogP contribution in [0.1, 0.15) is 28.0 Å². The summed E-state index contributed by atoms with van der Waals surface area (Å²) in [6.07, 6.45) is 4.26. The van der Waals surface area contributed by atoms with E-state index in [0.29, 0.717) is 22.9 Å². The summed E-state index contributed by atoms with van der Waals surface area (Å²) in [5.74, 6) is -0.0195. The lowest BCUT2D eigenvalue weighted by atomic mass is 10.0. The van der Waals surface area contributed by atoms with Gasteiger partial charge in [-0.1, -0.05) is 66.2 Å². The van der Waals surface area contributed by atoms with Crippen molar-refractivity contribution < 1.29 is 9.36 Å². The zero-order valence-electron chi connectivity index (χ0n) is 14.1. The summed E-state index contributed by atoms with van der Waals surface area (Å²) in [7, 11) is -2.74. The number of rotatable bonds is 9. The molecule has 0 aliphatic heterocycles. The first kappa shape index (κ1) is 19.4. The molecule has 25 heavy (non-hydrogen) atoms. The molecule has 0 spiro atoms. The highest BCUT2D eigenvalue weighted by molar-refractivity contribution is 7.64. The quantitative estimate of drug-likeness (QED) is 0.290. The molecule has 0 aromatic heterocycles. The van der Waals surface area contributed by atoms with Crippen molar-refractivity contribution in [3.63, 3.8) is 0 Å². The Morgan fingerprint density at radius 1 is 1.00 bits per heavy atom. The number of benzene rings is 2. The molecule has 130 valence electrons. The van der Waals surface area contributed by atoms with Crippen molar-refractivity contribution in [2.75, 3.05) is 12.3 Å². The van der Waals surface area contributed by atoms with Crippen molar-refractivity contribution in [1.29, 1.82) is 0 Å². The highest BCUT2D eigenvalue weighted by Gasteiger charge is 2.33. The maximum absolute atomic E-state index is 13.6. The zero-order chi connectivity index (χ0) is 18.3. The zero-order valence-corrected chi connectivity index (χ0v) is 15.8. The second kappa shape index (κ2) is 8.99. The van der Waals surface area contributed by atoms with Crippen LogP contribution in [0, 0.1) is 0 Å². The van der Waals surface area contributed by atoms with Gasteiger partial charge in [0, 0.05) is 35.0 Å². The van der Waals surface area contributed by atoms with Crippen molar-refractivity contribution in [3.05, 3.63) is 96.1 Å². The predicted octanol–water partition coefficient (Wildman–Crippen LogP) is 6.39. The minimum Gasteiger partial charge on any atom is -0.322 e. The summed E-state index contributed by atoms with van der Waals surface area (Å²) in [5, 5.41) is 0.610. The van der Waals surface area contributed by atoms with E-state index in [-0.39, 0.29) is 17.9 Å². The molecule has 0 fully saturated rings. The van der Waals surface area contributed by atoms with Crippen molar-refractivity contribution in [2.45, 2.75) is 12.1 Å². The molecule has 2 aromatic rings. The maximum Gasteiger partial charge on any atom is 0.163 e. The van der Waals surface area contributed by atoms with Gasteiger partial charge in [0.1, 0.15) is 7.14 Å². The van der Waals surface area contributed by atoms with E-state index < -0.39 is 7.14 Å². The van der Waals surface area contributed by atoms with Crippen LogP contribution in [-0.4, -0.2) is 18.1 Å². The third kappa shape index (κ3) is 5.04. The van der Waals surface area contributed by atoms with Crippen LogP contribution in [0.2, 0.25) is 5.02 Å². The highest BCUT2D eigenvalue weighted by Crippen LogP contribution is 2.61. The van der Waals surface area contributed by atoms with E-state index in [1.165, 1.54) is 0 Å². The Bertz CT molecular complexity index is 767. The maximum atomic E-state index is 13.6.